The van der Waals surface area contributed by atoms with Gasteiger partial charge in [-0.05, 0) is 44.5 Å². The Kier molecular flexibility index (Phi) is 7.68. The van der Waals surface area contributed by atoms with Crippen LogP contribution in [0.25, 0.3) is 0 Å². The van der Waals surface area contributed by atoms with Crippen molar-refractivity contribution in [2.45, 2.75) is 45.7 Å². The number of nitrogens with zero attached hydrogens (tertiary/aromatic N) is 2. The molecule has 1 aromatic heterocycles. The highest BCUT2D eigenvalue weighted by Gasteiger charge is 2.26. The highest BCUT2D eigenvalue weighted by molar-refractivity contribution is 5.85. The van der Waals surface area contributed by atoms with Crippen molar-refractivity contribution < 1.29 is 4.79 Å². The van der Waals surface area contributed by atoms with Crippen molar-refractivity contribution in [3.63, 3.8) is 0 Å². The van der Waals surface area contributed by atoms with Gasteiger partial charge in [0, 0.05) is 18.2 Å². The topological polar surface area (TPSA) is 45.2 Å². The largest absolute Gasteiger partial charge is 0.334 e. The summed E-state index contributed by atoms with van der Waals surface area (Å²) in [6, 6.07) is 6.22. The molecule has 5 heteroatoms. The lowest BCUT2D eigenvalue weighted by atomic mass is 10.0. The van der Waals surface area contributed by atoms with Gasteiger partial charge in [0.05, 0.1) is 12.2 Å². The van der Waals surface area contributed by atoms with E-state index in [-0.39, 0.29) is 24.2 Å². The van der Waals surface area contributed by atoms with E-state index >= 15 is 0 Å². The molecule has 1 unspecified atom stereocenters. The second-order valence-corrected chi connectivity index (χ2v) is 5.78. The zero-order valence-corrected chi connectivity index (χ0v) is 13.7. The molecular formula is C16H26ClN3O. The summed E-state index contributed by atoms with van der Waals surface area (Å²) in [5.74, 6) is 0.275. The lowest BCUT2D eigenvalue weighted by molar-refractivity contribution is -0.137. The molecule has 0 aliphatic carbocycles. The molecule has 1 aromatic rings. The molecule has 2 heterocycles. The maximum atomic E-state index is 12.5. The van der Waals surface area contributed by atoms with E-state index in [1.54, 1.807) is 6.20 Å². The van der Waals surface area contributed by atoms with E-state index in [0.717, 1.165) is 38.0 Å². The molecule has 0 spiro atoms. The normalized spacial score (nSPS) is 18.7. The summed E-state index contributed by atoms with van der Waals surface area (Å²) in [4.78, 5) is 18.9. The number of pyridine rings is 1. The van der Waals surface area contributed by atoms with Gasteiger partial charge in [0.25, 0.3) is 0 Å². The van der Waals surface area contributed by atoms with Gasteiger partial charge in [-0.25, -0.2) is 0 Å². The fraction of sp³-hybridized carbons (Fsp3) is 0.625. The van der Waals surface area contributed by atoms with Crippen LogP contribution in [-0.2, 0) is 11.3 Å². The van der Waals surface area contributed by atoms with E-state index in [4.69, 9.17) is 0 Å². The summed E-state index contributed by atoms with van der Waals surface area (Å²) < 4.78 is 0. The number of rotatable bonds is 4. The van der Waals surface area contributed by atoms with E-state index in [1.165, 1.54) is 0 Å². The van der Waals surface area contributed by atoms with Crippen LogP contribution < -0.4 is 5.32 Å². The van der Waals surface area contributed by atoms with Gasteiger partial charge in [-0.15, -0.1) is 12.4 Å². The van der Waals surface area contributed by atoms with Gasteiger partial charge < -0.3 is 10.2 Å². The Morgan fingerprint density at radius 1 is 1.38 bits per heavy atom. The third-order valence-corrected chi connectivity index (χ3v) is 3.82. The molecule has 21 heavy (non-hydrogen) atoms. The van der Waals surface area contributed by atoms with Gasteiger partial charge >= 0.3 is 0 Å². The molecule has 0 aromatic carbocycles. The predicted octanol–water partition coefficient (Wildman–Crippen LogP) is 2.63. The minimum atomic E-state index is 0. The zero-order valence-electron chi connectivity index (χ0n) is 12.9. The highest BCUT2D eigenvalue weighted by atomic mass is 35.5. The van der Waals surface area contributed by atoms with E-state index in [2.05, 4.69) is 10.3 Å². The number of hydrogen-bond acceptors (Lipinski definition) is 3. The van der Waals surface area contributed by atoms with Crippen LogP contribution in [0.1, 0.15) is 38.8 Å². The second kappa shape index (κ2) is 9.00. The second-order valence-electron chi connectivity index (χ2n) is 5.78. The van der Waals surface area contributed by atoms with Gasteiger partial charge in [0.2, 0.25) is 5.91 Å². The molecule has 2 rings (SSSR count). The number of nitrogens with one attached hydrogen (secondary N) is 1. The lowest BCUT2D eigenvalue weighted by Gasteiger charge is -2.32. The van der Waals surface area contributed by atoms with E-state index in [0.29, 0.717) is 12.6 Å². The Balaban J connectivity index is 0.00000220. The molecule has 0 bridgehead atoms. The Morgan fingerprint density at radius 2 is 2.19 bits per heavy atom. The summed E-state index contributed by atoms with van der Waals surface area (Å²) in [7, 11) is 0. The molecular weight excluding hydrogens is 286 g/mol. The molecule has 1 N–H and O–H groups in total. The molecule has 0 saturated carbocycles. The van der Waals surface area contributed by atoms with Crippen molar-refractivity contribution in [1.29, 1.82) is 0 Å². The van der Waals surface area contributed by atoms with Crippen LogP contribution in [0, 0.1) is 5.92 Å². The SMILES string of the molecule is CC(C)C(=O)N(Cc1ccccn1)C1CCCNCC1.Cl. The first-order chi connectivity index (χ1) is 9.68. The first-order valence-electron chi connectivity index (χ1n) is 7.59. The minimum Gasteiger partial charge on any atom is -0.334 e. The van der Waals surface area contributed by atoms with Gasteiger partial charge in [-0.3, -0.25) is 9.78 Å². The standard InChI is InChI=1S/C16H25N3O.ClH/c1-13(2)16(20)19(12-14-6-3-4-10-18-14)15-7-5-9-17-11-8-15;/h3-4,6,10,13,15,17H,5,7-9,11-12H2,1-2H3;1H. The summed E-state index contributed by atoms with van der Waals surface area (Å²) in [5, 5.41) is 3.41. The van der Waals surface area contributed by atoms with Crippen molar-refractivity contribution in [3.8, 4) is 0 Å². The average Bonchev–Trinajstić information content (AvgIpc) is 2.74. The molecule has 118 valence electrons. The first-order valence-corrected chi connectivity index (χ1v) is 7.59. The van der Waals surface area contributed by atoms with Crippen LogP contribution in [0.4, 0.5) is 0 Å². The van der Waals surface area contributed by atoms with Crippen LogP contribution in [0.2, 0.25) is 0 Å². The van der Waals surface area contributed by atoms with Crippen LogP contribution in [0.3, 0.4) is 0 Å². The number of carbonyl (C=O) groups excluding carboxylic acids is 1. The van der Waals surface area contributed by atoms with Gasteiger partial charge in [0.1, 0.15) is 0 Å². The van der Waals surface area contributed by atoms with Crippen LogP contribution >= 0.6 is 12.4 Å². The maximum absolute atomic E-state index is 12.5. The van der Waals surface area contributed by atoms with E-state index in [1.807, 2.05) is 36.9 Å². The third-order valence-electron chi connectivity index (χ3n) is 3.82. The predicted molar refractivity (Wildman–Crippen MR) is 87.4 cm³/mol. The third kappa shape index (κ3) is 5.29. The molecule has 1 aliphatic heterocycles. The number of carbonyl (C=O) groups is 1. The Morgan fingerprint density at radius 3 is 2.86 bits per heavy atom. The monoisotopic (exact) mass is 311 g/mol. The summed E-state index contributed by atoms with van der Waals surface area (Å²) >= 11 is 0. The molecule has 1 amide bonds. The number of amides is 1. The van der Waals surface area contributed by atoms with Crippen LogP contribution in [0.15, 0.2) is 24.4 Å². The highest BCUT2D eigenvalue weighted by Crippen LogP contribution is 2.18. The smallest absolute Gasteiger partial charge is 0.225 e. The Labute approximate surface area is 133 Å². The number of aromatic nitrogens is 1. The first kappa shape index (κ1) is 17.9. The molecule has 4 nitrogen and oxygen atoms in total. The molecule has 1 atom stereocenters. The summed E-state index contributed by atoms with van der Waals surface area (Å²) in [6.45, 7) is 6.63. The summed E-state index contributed by atoms with van der Waals surface area (Å²) in [5.41, 5.74) is 0.971. The fourth-order valence-electron chi connectivity index (χ4n) is 2.70. The Hall–Kier alpha value is -1.13. The van der Waals surface area contributed by atoms with E-state index in [9.17, 15) is 4.79 Å². The van der Waals surface area contributed by atoms with E-state index < -0.39 is 0 Å². The van der Waals surface area contributed by atoms with Crippen LogP contribution in [0.5, 0.6) is 0 Å². The number of halogens is 1. The number of hydrogen-bond donors (Lipinski definition) is 1. The van der Waals surface area contributed by atoms with Crippen LogP contribution in [-0.4, -0.2) is 34.9 Å². The zero-order chi connectivity index (χ0) is 14.4. The van der Waals surface area contributed by atoms with Crippen molar-refractivity contribution in [2.75, 3.05) is 13.1 Å². The van der Waals surface area contributed by atoms with Crippen molar-refractivity contribution in [1.82, 2.24) is 15.2 Å². The molecule has 1 aliphatic rings. The average molecular weight is 312 g/mol. The quantitative estimate of drug-likeness (QED) is 0.929. The molecule has 0 radical (unpaired) electrons. The molecule has 1 saturated heterocycles. The van der Waals surface area contributed by atoms with Gasteiger partial charge in [-0.2, -0.15) is 0 Å². The van der Waals surface area contributed by atoms with Crippen molar-refractivity contribution >= 4 is 18.3 Å². The molecule has 1 fully saturated rings. The van der Waals surface area contributed by atoms with Gasteiger partial charge in [-0.1, -0.05) is 19.9 Å². The Bertz CT molecular complexity index is 417. The van der Waals surface area contributed by atoms with Gasteiger partial charge in [0.15, 0.2) is 0 Å². The minimum absolute atomic E-state index is 0. The maximum Gasteiger partial charge on any atom is 0.225 e. The van der Waals surface area contributed by atoms with Crippen molar-refractivity contribution in [3.05, 3.63) is 30.1 Å². The van der Waals surface area contributed by atoms with Crippen molar-refractivity contribution in [2.24, 2.45) is 5.92 Å². The fourth-order valence-corrected chi connectivity index (χ4v) is 2.70. The summed E-state index contributed by atoms with van der Waals surface area (Å²) in [6.07, 6.45) is 5.04. The lowest BCUT2D eigenvalue weighted by Crippen LogP contribution is -2.42.